The normalized spacial score (nSPS) is 24.5. The number of ketones is 1. The molecule has 1 fully saturated rings. The summed E-state index contributed by atoms with van der Waals surface area (Å²) < 4.78 is 6.84. The van der Waals surface area contributed by atoms with Crippen molar-refractivity contribution in [3.05, 3.63) is 16.9 Å². The first-order valence-corrected chi connectivity index (χ1v) is 6.00. The third kappa shape index (κ3) is 2.22. The van der Waals surface area contributed by atoms with Gasteiger partial charge in [-0.05, 0) is 13.8 Å². The van der Waals surface area contributed by atoms with Crippen molar-refractivity contribution in [3.63, 3.8) is 0 Å². The number of Topliss-reactive ketones (excluding diaryl/α,β-unsaturated/α-hetero) is 1. The van der Waals surface area contributed by atoms with E-state index in [-0.39, 0.29) is 23.8 Å². The molecule has 94 valence electrons. The Morgan fingerprint density at radius 1 is 1.65 bits per heavy atom. The fourth-order valence-corrected chi connectivity index (χ4v) is 2.20. The number of halogens is 1. The Labute approximate surface area is 105 Å². The van der Waals surface area contributed by atoms with Crippen molar-refractivity contribution < 1.29 is 9.53 Å². The van der Waals surface area contributed by atoms with E-state index in [0.717, 1.165) is 0 Å². The first-order valence-electron chi connectivity index (χ1n) is 5.63. The molecular weight excluding hydrogens is 242 g/mol. The molecule has 1 saturated heterocycles. The highest BCUT2D eigenvalue weighted by atomic mass is 35.5. The first kappa shape index (κ1) is 12.5. The smallest absolute Gasteiger partial charge is 0.189 e. The van der Waals surface area contributed by atoms with E-state index in [4.69, 9.17) is 22.1 Å². The average Bonchev–Trinajstić information content (AvgIpc) is 2.83. The van der Waals surface area contributed by atoms with E-state index in [1.807, 2.05) is 13.8 Å². The van der Waals surface area contributed by atoms with Crippen molar-refractivity contribution in [1.82, 2.24) is 9.78 Å². The third-order valence-electron chi connectivity index (χ3n) is 2.93. The summed E-state index contributed by atoms with van der Waals surface area (Å²) in [4.78, 5) is 12.4. The van der Waals surface area contributed by atoms with Crippen molar-refractivity contribution in [2.45, 2.75) is 25.9 Å². The maximum Gasteiger partial charge on any atom is 0.189 e. The summed E-state index contributed by atoms with van der Waals surface area (Å²) in [6, 6.07) is -0.172. The number of hydrogen-bond acceptors (Lipinski definition) is 4. The minimum absolute atomic E-state index is 0.0776. The van der Waals surface area contributed by atoms with Crippen LogP contribution in [0.2, 0.25) is 5.02 Å². The van der Waals surface area contributed by atoms with Crippen LogP contribution < -0.4 is 5.73 Å². The molecule has 1 aromatic heterocycles. The van der Waals surface area contributed by atoms with Gasteiger partial charge < -0.3 is 10.5 Å². The second kappa shape index (κ2) is 4.76. The van der Waals surface area contributed by atoms with Crippen LogP contribution in [0, 0.1) is 5.92 Å². The van der Waals surface area contributed by atoms with E-state index in [1.54, 1.807) is 4.68 Å². The van der Waals surface area contributed by atoms with Crippen LogP contribution in [0.15, 0.2) is 6.20 Å². The molecule has 0 bridgehead atoms. The number of nitrogens with two attached hydrogens (primary N) is 1. The van der Waals surface area contributed by atoms with Crippen molar-refractivity contribution >= 4 is 17.4 Å². The number of nitrogens with zero attached hydrogens (tertiary/aromatic N) is 2. The lowest BCUT2D eigenvalue weighted by atomic mass is 9.97. The van der Waals surface area contributed by atoms with Crippen LogP contribution in [0.1, 0.15) is 30.4 Å². The molecule has 1 aliphatic heterocycles. The van der Waals surface area contributed by atoms with Gasteiger partial charge in [-0.2, -0.15) is 5.10 Å². The van der Waals surface area contributed by atoms with Crippen LogP contribution >= 0.6 is 11.6 Å². The molecule has 2 heterocycles. The van der Waals surface area contributed by atoms with Gasteiger partial charge in [0.25, 0.3) is 0 Å². The van der Waals surface area contributed by atoms with Gasteiger partial charge in [-0.25, -0.2) is 0 Å². The largest absolute Gasteiger partial charge is 0.379 e. The lowest BCUT2D eigenvalue weighted by Gasteiger charge is -2.15. The molecule has 2 rings (SSSR count). The van der Waals surface area contributed by atoms with Gasteiger partial charge in [0.05, 0.1) is 30.4 Å². The van der Waals surface area contributed by atoms with Gasteiger partial charge in [0.1, 0.15) is 5.69 Å². The van der Waals surface area contributed by atoms with E-state index >= 15 is 0 Å². The maximum absolute atomic E-state index is 12.4. The zero-order chi connectivity index (χ0) is 12.6. The molecule has 2 unspecified atom stereocenters. The van der Waals surface area contributed by atoms with Gasteiger partial charge in [0, 0.05) is 12.1 Å². The molecular formula is C11H16ClN3O2. The van der Waals surface area contributed by atoms with Gasteiger partial charge >= 0.3 is 0 Å². The van der Waals surface area contributed by atoms with Gasteiger partial charge in [-0.15, -0.1) is 0 Å². The predicted molar refractivity (Wildman–Crippen MR) is 64.2 cm³/mol. The van der Waals surface area contributed by atoms with E-state index in [1.165, 1.54) is 6.20 Å². The molecule has 1 aromatic rings. The topological polar surface area (TPSA) is 70.1 Å². The van der Waals surface area contributed by atoms with Gasteiger partial charge in [-0.3, -0.25) is 9.48 Å². The van der Waals surface area contributed by atoms with Crippen molar-refractivity contribution in [3.8, 4) is 0 Å². The van der Waals surface area contributed by atoms with Crippen LogP contribution in [-0.2, 0) is 4.74 Å². The quantitative estimate of drug-likeness (QED) is 0.828. The molecule has 5 nitrogen and oxygen atoms in total. The van der Waals surface area contributed by atoms with E-state index in [9.17, 15) is 4.79 Å². The van der Waals surface area contributed by atoms with Crippen LogP contribution in [0.25, 0.3) is 0 Å². The fourth-order valence-electron chi connectivity index (χ4n) is 1.98. The molecule has 0 saturated carbocycles. The zero-order valence-corrected chi connectivity index (χ0v) is 10.6. The minimum Gasteiger partial charge on any atom is -0.379 e. The maximum atomic E-state index is 12.4. The highest BCUT2D eigenvalue weighted by Gasteiger charge is 2.35. The molecule has 0 aromatic carbocycles. The highest BCUT2D eigenvalue weighted by molar-refractivity contribution is 6.33. The SMILES string of the molecule is CC(C)n1ncc(Cl)c1C(=O)C1COCC1N. The molecule has 0 aliphatic carbocycles. The number of carbonyl (C=O) groups is 1. The number of ether oxygens (including phenoxy) is 1. The van der Waals surface area contributed by atoms with Crippen LogP contribution in [0.5, 0.6) is 0 Å². The number of hydrogen-bond donors (Lipinski definition) is 1. The zero-order valence-electron chi connectivity index (χ0n) is 9.89. The lowest BCUT2D eigenvalue weighted by Crippen LogP contribution is -2.35. The molecule has 6 heteroatoms. The molecule has 0 amide bonds. The van der Waals surface area contributed by atoms with Gasteiger partial charge in [-0.1, -0.05) is 11.6 Å². The van der Waals surface area contributed by atoms with Gasteiger partial charge in [0.15, 0.2) is 5.78 Å². The first-order chi connectivity index (χ1) is 8.02. The summed E-state index contributed by atoms with van der Waals surface area (Å²) in [5, 5.41) is 4.49. The predicted octanol–water partition coefficient (Wildman–Crippen LogP) is 1.27. The van der Waals surface area contributed by atoms with Crippen molar-refractivity contribution in [1.29, 1.82) is 0 Å². The Morgan fingerprint density at radius 3 is 2.88 bits per heavy atom. The van der Waals surface area contributed by atoms with Crippen LogP contribution in [-0.4, -0.2) is 34.8 Å². The fraction of sp³-hybridized carbons (Fsp3) is 0.636. The van der Waals surface area contributed by atoms with E-state index < -0.39 is 0 Å². The summed E-state index contributed by atoms with van der Waals surface area (Å²) in [5.74, 6) is -0.395. The number of rotatable bonds is 3. The summed E-state index contributed by atoms with van der Waals surface area (Å²) >= 11 is 6.02. The van der Waals surface area contributed by atoms with Gasteiger partial charge in [0.2, 0.25) is 0 Å². The Kier molecular flexibility index (Phi) is 3.51. The number of carbonyl (C=O) groups excluding carboxylic acids is 1. The average molecular weight is 258 g/mol. The molecule has 1 aliphatic rings. The molecule has 2 N–H and O–H groups in total. The highest BCUT2D eigenvalue weighted by Crippen LogP contribution is 2.25. The Balaban J connectivity index is 2.33. The third-order valence-corrected chi connectivity index (χ3v) is 3.21. The van der Waals surface area contributed by atoms with Crippen molar-refractivity contribution in [2.75, 3.05) is 13.2 Å². The Bertz CT molecular complexity index is 430. The standard InChI is InChI=1S/C11H16ClN3O2/c1-6(2)15-10(8(12)3-14-15)11(16)7-4-17-5-9(7)13/h3,6-7,9H,4-5,13H2,1-2H3. The molecule has 0 radical (unpaired) electrons. The van der Waals surface area contributed by atoms with E-state index in [0.29, 0.717) is 23.9 Å². The second-order valence-electron chi connectivity index (χ2n) is 4.55. The summed E-state index contributed by atoms with van der Waals surface area (Å²) in [6.45, 7) is 4.68. The molecule has 17 heavy (non-hydrogen) atoms. The number of aromatic nitrogens is 2. The Morgan fingerprint density at radius 2 is 2.35 bits per heavy atom. The molecule has 0 spiro atoms. The van der Waals surface area contributed by atoms with Crippen LogP contribution in [0.3, 0.4) is 0 Å². The Hall–Kier alpha value is -0.910. The lowest BCUT2D eigenvalue weighted by molar-refractivity contribution is 0.0883. The summed E-state index contributed by atoms with van der Waals surface area (Å²) in [6.07, 6.45) is 1.50. The minimum atomic E-state index is -0.318. The summed E-state index contributed by atoms with van der Waals surface area (Å²) in [5.41, 5.74) is 6.28. The monoisotopic (exact) mass is 257 g/mol. The summed E-state index contributed by atoms with van der Waals surface area (Å²) in [7, 11) is 0. The second-order valence-corrected chi connectivity index (χ2v) is 4.96. The van der Waals surface area contributed by atoms with Crippen LogP contribution in [0.4, 0.5) is 0 Å². The molecule has 2 atom stereocenters. The van der Waals surface area contributed by atoms with E-state index in [2.05, 4.69) is 5.10 Å². The van der Waals surface area contributed by atoms with Crippen molar-refractivity contribution in [2.24, 2.45) is 11.7 Å².